The van der Waals surface area contributed by atoms with Crippen LogP contribution in [0.2, 0.25) is 0 Å². The SMILES string of the molecule is Cc1nc(C(=O)NC(c2ccc3cccnc3c2O)C(C)CCc2ocnc2C(=O)NC(c2ccc3cccnc3c2O)C(C)C)c(CC(C)C(NC(=O)c2ccno2)c2ccc3cccnc3c2O)o1. The van der Waals surface area contributed by atoms with E-state index >= 15 is 0 Å². The van der Waals surface area contributed by atoms with Crippen LogP contribution in [0.15, 0.2) is 123 Å². The number of aromatic nitrogens is 6. The van der Waals surface area contributed by atoms with Gasteiger partial charge in [-0.15, -0.1) is 0 Å². The lowest BCUT2D eigenvalue weighted by atomic mass is 9.88. The molecule has 3 aromatic carbocycles. The summed E-state index contributed by atoms with van der Waals surface area (Å²) < 4.78 is 17.1. The predicted molar refractivity (Wildman–Crippen MR) is 260 cm³/mol. The van der Waals surface area contributed by atoms with E-state index in [1.54, 1.807) is 68.0 Å². The van der Waals surface area contributed by atoms with E-state index < -0.39 is 47.7 Å². The number of rotatable bonds is 17. The summed E-state index contributed by atoms with van der Waals surface area (Å²) in [6.45, 7) is 9.22. The molecule has 6 heterocycles. The zero-order valence-electron chi connectivity index (χ0n) is 39.5. The van der Waals surface area contributed by atoms with Crippen LogP contribution in [-0.4, -0.2) is 63.1 Å². The van der Waals surface area contributed by atoms with Gasteiger partial charge in [0.05, 0.1) is 24.3 Å². The number of benzene rings is 3. The molecule has 5 atom stereocenters. The standard InChI is InChI=1S/C53H51N9O9/c1-27(2)40(34-16-13-31-9-6-21-54-43(31)48(34)63)60-52(67)46-37(69-26-57-46)19-12-28(3)41(35-17-14-32-10-7-22-55-44(32)49(35)64)62-53(68)47-39(70-30(5)59-47)25-29(4)42(61-51(66)38-20-24-58-71-38)36-18-15-33-11-8-23-56-45(33)50(36)65/h6-11,13-18,20-24,26-29,40-42,63-65H,12,19,25H2,1-5H3,(H,60,67)(H,61,66)(H,62,68). The van der Waals surface area contributed by atoms with Crippen LogP contribution in [0, 0.1) is 24.7 Å². The second kappa shape index (κ2) is 20.1. The van der Waals surface area contributed by atoms with Crippen LogP contribution >= 0.6 is 0 Å². The largest absolute Gasteiger partial charge is 0.505 e. The van der Waals surface area contributed by atoms with Crippen molar-refractivity contribution in [3.05, 3.63) is 161 Å². The highest BCUT2D eigenvalue weighted by molar-refractivity contribution is 5.95. The van der Waals surface area contributed by atoms with Crippen LogP contribution in [0.1, 0.15) is 118 Å². The minimum atomic E-state index is -0.849. The van der Waals surface area contributed by atoms with Crippen LogP contribution < -0.4 is 16.0 Å². The molecule has 0 saturated carbocycles. The van der Waals surface area contributed by atoms with Crippen molar-refractivity contribution in [2.75, 3.05) is 0 Å². The summed E-state index contributed by atoms with van der Waals surface area (Å²) in [5.74, 6) is -2.34. The molecule has 0 fully saturated rings. The fourth-order valence-electron chi connectivity index (χ4n) is 9.16. The molecule has 18 nitrogen and oxygen atoms in total. The third-order valence-electron chi connectivity index (χ3n) is 12.9. The molecule has 0 spiro atoms. The van der Waals surface area contributed by atoms with Crippen molar-refractivity contribution in [2.24, 2.45) is 17.8 Å². The van der Waals surface area contributed by atoms with Crippen molar-refractivity contribution in [2.45, 2.75) is 72.0 Å². The van der Waals surface area contributed by atoms with Crippen LogP contribution in [0.25, 0.3) is 32.7 Å². The third kappa shape index (κ3) is 9.68. The normalized spacial score (nSPS) is 13.8. The number of nitrogens with zero attached hydrogens (tertiary/aromatic N) is 6. The average molecular weight is 958 g/mol. The van der Waals surface area contributed by atoms with E-state index in [1.165, 1.54) is 18.7 Å². The minimum absolute atomic E-state index is 0.0169. The average Bonchev–Trinajstić information content (AvgIpc) is 4.17. The van der Waals surface area contributed by atoms with Gasteiger partial charge in [-0.05, 0) is 42.4 Å². The monoisotopic (exact) mass is 957 g/mol. The van der Waals surface area contributed by atoms with Crippen LogP contribution in [-0.2, 0) is 12.8 Å². The van der Waals surface area contributed by atoms with E-state index in [0.717, 1.165) is 5.39 Å². The lowest BCUT2D eigenvalue weighted by Crippen LogP contribution is -2.35. The molecular formula is C53H51N9O9. The molecule has 0 aliphatic carbocycles. The van der Waals surface area contributed by atoms with Gasteiger partial charge in [0.1, 0.15) is 45.3 Å². The molecule has 18 heteroatoms. The van der Waals surface area contributed by atoms with E-state index in [9.17, 15) is 29.7 Å². The number of hydrogen-bond donors (Lipinski definition) is 6. The van der Waals surface area contributed by atoms with E-state index in [4.69, 9.17) is 13.4 Å². The molecule has 0 aliphatic rings. The number of hydrogen-bond acceptors (Lipinski definition) is 15. The molecule has 362 valence electrons. The molecule has 0 bridgehead atoms. The highest BCUT2D eigenvalue weighted by Crippen LogP contribution is 2.39. The molecule has 0 radical (unpaired) electrons. The molecule has 5 unspecified atom stereocenters. The number of aryl methyl sites for hydroxylation is 2. The molecule has 6 N–H and O–H groups in total. The van der Waals surface area contributed by atoms with Crippen molar-refractivity contribution in [1.82, 2.24) is 46.0 Å². The number of aromatic hydroxyl groups is 3. The Hall–Kier alpha value is -8.67. The zero-order valence-corrected chi connectivity index (χ0v) is 39.5. The second-order valence-corrected chi connectivity index (χ2v) is 18.0. The number of carbonyl (C=O) groups is 3. The van der Waals surface area contributed by atoms with Gasteiger partial charge < -0.3 is 44.6 Å². The van der Waals surface area contributed by atoms with E-state index in [2.05, 4.69) is 46.0 Å². The summed E-state index contributed by atoms with van der Waals surface area (Å²) in [4.78, 5) is 64.1. The van der Waals surface area contributed by atoms with Gasteiger partial charge in [-0.25, -0.2) is 9.97 Å². The highest BCUT2D eigenvalue weighted by Gasteiger charge is 2.33. The number of fused-ring (bicyclic) bond motifs is 3. The highest BCUT2D eigenvalue weighted by atomic mass is 16.5. The summed E-state index contributed by atoms with van der Waals surface area (Å²) in [7, 11) is 0. The van der Waals surface area contributed by atoms with Gasteiger partial charge in [-0.1, -0.05) is 87.4 Å². The van der Waals surface area contributed by atoms with Crippen molar-refractivity contribution in [3.8, 4) is 17.2 Å². The van der Waals surface area contributed by atoms with Gasteiger partial charge in [-0.3, -0.25) is 29.3 Å². The van der Waals surface area contributed by atoms with Gasteiger partial charge >= 0.3 is 0 Å². The maximum Gasteiger partial charge on any atom is 0.290 e. The first-order valence-corrected chi connectivity index (χ1v) is 23.2. The summed E-state index contributed by atoms with van der Waals surface area (Å²) in [5, 5.41) is 49.5. The molecule has 0 saturated heterocycles. The number of carbonyl (C=O) groups excluding carboxylic acids is 3. The molecule has 9 aromatic rings. The Morgan fingerprint density at radius 3 is 1.62 bits per heavy atom. The van der Waals surface area contributed by atoms with Gasteiger partial charge in [-0.2, -0.15) is 0 Å². The fraction of sp³-hybridized carbons (Fsp3) is 0.264. The number of amides is 3. The van der Waals surface area contributed by atoms with Crippen LogP contribution in [0.5, 0.6) is 17.2 Å². The third-order valence-corrected chi connectivity index (χ3v) is 12.9. The van der Waals surface area contributed by atoms with Gasteiger partial charge in [0.15, 0.2) is 23.7 Å². The summed E-state index contributed by atoms with van der Waals surface area (Å²) in [6.07, 6.45) is 7.91. The number of phenols is 3. The number of oxazole rings is 2. The van der Waals surface area contributed by atoms with Crippen molar-refractivity contribution in [3.63, 3.8) is 0 Å². The summed E-state index contributed by atoms with van der Waals surface area (Å²) >= 11 is 0. The Bertz CT molecular complexity index is 3410. The van der Waals surface area contributed by atoms with E-state index in [0.29, 0.717) is 56.2 Å². The Balaban J connectivity index is 0.976. The van der Waals surface area contributed by atoms with Crippen molar-refractivity contribution >= 4 is 50.4 Å². The molecule has 9 rings (SSSR count). The van der Waals surface area contributed by atoms with E-state index in [1.807, 2.05) is 58.0 Å². The zero-order chi connectivity index (χ0) is 49.9. The Morgan fingerprint density at radius 1 is 0.577 bits per heavy atom. The Morgan fingerprint density at radius 2 is 1.08 bits per heavy atom. The lowest BCUT2D eigenvalue weighted by molar-refractivity contribution is 0.0878. The van der Waals surface area contributed by atoms with Gasteiger partial charge in [0.2, 0.25) is 5.76 Å². The fourth-order valence-corrected chi connectivity index (χ4v) is 9.16. The number of pyridine rings is 3. The van der Waals surface area contributed by atoms with Crippen LogP contribution in [0.4, 0.5) is 0 Å². The molecule has 3 amide bonds. The molecule has 6 aromatic heterocycles. The van der Waals surface area contributed by atoms with E-state index in [-0.39, 0.29) is 64.8 Å². The topological polar surface area (TPSA) is 265 Å². The molecular weight excluding hydrogens is 907 g/mol. The molecule has 0 aliphatic heterocycles. The minimum Gasteiger partial charge on any atom is -0.505 e. The van der Waals surface area contributed by atoms with Gasteiger partial charge in [0.25, 0.3) is 17.7 Å². The summed E-state index contributed by atoms with van der Waals surface area (Å²) in [5.41, 5.74) is 2.45. The van der Waals surface area contributed by atoms with Crippen LogP contribution in [0.3, 0.4) is 0 Å². The maximum absolute atomic E-state index is 14.7. The Labute approximate surface area is 406 Å². The first-order chi connectivity index (χ1) is 34.3. The maximum atomic E-state index is 14.7. The molecule has 71 heavy (non-hydrogen) atoms. The first kappa shape index (κ1) is 47.4. The predicted octanol–water partition coefficient (Wildman–Crippen LogP) is 8.94. The van der Waals surface area contributed by atoms with Crippen molar-refractivity contribution < 1.29 is 43.1 Å². The smallest absolute Gasteiger partial charge is 0.290 e. The summed E-state index contributed by atoms with van der Waals surface area (Å²) in [6, 6.07) is 20.6. The second-order valence-electron chi connectivity index (χ2n) is 18.0. The number of nitrogens with one attached hydrogen (secondary N) is 3. The quantitative estimate of drug-likeness (QED) is 0.0497. The Kier molecular flexibility index (Phi) is 13.4. The number of phenolic OH excluding ortho intramolecular Hbond substituents is 3. The first-order valence-electron chi connectivity index (χ1n) is 23.2. The lowest BCUT2D eigenvalue weighted by Gasteiger charge is -2.27. The van der Waals surface area contributed by atoms with Crippen molar-refractivity contribution in [1.29, 1.82) is 0 Å². The van der Waals surface area contributed by atoms with Gasteiger partial charge in [0, 0.05) is 77.3 Å².